The number of cyclic esters (lactones) is 1. The number of ether oxygens (including phenoxy) is 6. The molecular formula is C56H90N2O19P2. The Hall–Kier alpha value is -3.72. The van der Waals surface area contributed by atoms with Gasteiger partial charge in [0.15, 0.2) is 5.78 Å². The highest BCUT2D eigenvalue weighted by Gasteiger charge is 2.53. The smallest absolute Gasteiger partial charge is 0.409 e. The van der Waals surface area contributed by atoms with Gasteiger partial charge in [0.2, 0.25) is 13.2 Å². The van der Waals surface area contributed by atoms with E-state index in [2.05, 4.69) is 0 Å². The van der Waals surface area contributed by atoms with Crippen molar-refractivity contribution in [2.45, 2.75) is 180 Å². The Morgan fingerprint density at radius 1 is 0.873 bits per heavy atom. The number of ketones is 3. The second-order valence-corrected chi connectivity index (χ2v) is 27.3. The average molecular weight is 1160 g/mol. The first kappa shape index (κ1) is 67.8. The number of esters is 1. The fourth-order valence-corrected chi connectivity index (χ4v) is 14.7. The van der Waals surface area contributed by atoms with Crippen molar-refractivity contribution >= 4 is 50.3 Å². The van der Waals surface area contributed by atoms with E-state index >= 15 is 0 Å². The van der Waals surface area contributed by atoms with E-state index in [-0.39, 0.29) is 55.8 Å². The highest BCUT2D eigenvalue weighted by atomic mass is 31.2. The number of rotatable bonds is 12. The van der Waals surface area contributed by atoms with Crippen LogP contribution in [0.1, 0.15) is 126 Å². The molecule has 3 heterocycles. The second-order valence-electron chi connectivity index (χ2n) is 22.7. The molecule has 2 bridgehead atoms. The Labute approximate surface area is 466 Å². The van der Waals surface area contributed by atoms with Crippen LogP contribution in [0.15, 0.2) is 47.6 Å². The lowest BCUT2D eigenvalue weighted by Gasteiger charge is -2.42. The number of aliphatic hydroxyl groups excluding tert-OH is 1. The number of fused-ring (bicyclic) bond motifs is 3. The van der Waals surface area contributed by atoms with Crippen LogP contribution in [0.4, 0.5) is 4.79 Å². The molecule has 0 aromatic heterocycles. The number of nitrogens with zero attached hydrogens (tertiary/aromatic N) is 2. The van der Waals surface area contributed by atoms with E-state index < -0.39 is 129 Å². The topological polar surface area (TPSA) is 300 Å². The molecule has 3 fully saturated rings. The van der Waals surface area contributed by atoms with Crippen LogP contribution in [0.2, 0.25) is 0 Å². The van der Waals surface area contributed by atoms with E-state index in [9.17, 15) is 62.8 Å². The average Bonchev–Trinajstić information content (AvgIpc) is 3.39. The predicted molar refractivity (Wildman–Crippen MR) is 294 cm³/mol. The third kappa shape index (κ3) is 19.7. The third-order valence-electron chi connectivity index (χ3n) is 16.2. The lowest BCUT2D eigenvalue weighted by atomic mass is 9.78. The zero-order valence-electron chi connectivity index (χ0n) is 48.1. The number of hydrogen-bond acceptors (Lipinski definition) is 16. The van der Waals surface area contributed by atoms with Crippen LogP contribution in [0.5, 0.6) is 0 Å². The van der Waals surface area contributed by atoms with E-state index in [1.54, 1.807) is 40.9 Å². The number of amides is 2. The van der Waals surface area contributed by atoms with Crippen molar-refractivity contribution in [2.75, 3.05) is 53.5 Å². The van der Waals surface area contributed by atoms with Gasteiger partial charge in [-0.25, -0.2) is 9.59 Å². The maximum Gasteiger partial charge on any atom is 0.409 e. The van der Waals surface area contributed by atoms with E-state index in [1.165, 1.54) is 21.3 Å². The van der Waals surface area contributed by atoms with Gasteiger partial charge >= 0.3 is 19.7 Å². The lowest BCUT2D eigenvalue weighted by molar-refractivity contribution is -0.265. The van der Waals surface area contributed by atoms with Crippen LogP contribution in [0.25, 0.3) is 0 Å². The lowest BCUT2D eigenvalue weighted by Crippen LogP contribution is -2.61. The number of aliphatic hydroxyl groups is 2. The van der Waals surface area contributed by atoms with Crippen molar-refractivity contribution in [2.24, 2.45) is 35.5 Å². The number of carbonyl (C=O) groups excluding carboxylic acids is 6. The summed E-state index contributed by atoms with van der Waals surface area (Å²) in [4.78, 5) is 115. The predicted octanol–water partition coefficient (Wildman–Crippen LogP) is 6.66. The van der Waals surface area contributed by atoms with Crippen molar-refractivity contribution in [3.63, 3.8) is 0 Å². The number of Topliss-reactive ketones (excluding diaryl/α,β-unsaturated/α-hetero) is 3. The monoisotopic (exact) mass is 1160 g/mol. The van der Waals surface area contributed by atoms with Gasteiger partial charge in [-0.05, 0) is 107 Å². The summed E-state index contributed by atoms with van der Waals surface area (Å²) in [6, 6.07) is -1.24. The molecule has 21 nitrogen and oxygen atoms in total. The second kappa shape index (κ2) is 30.5. The molecule has 2 amide bonds. The summed E-state index contributed by atoms with van der Waals surface area (Å²) in [5.41, 5.74) is 1.17. The third-order valence-corrected chi connectivity index (χ3v) is 20.3. The summed E-state index contributed by atoms with van der Waals surface area (Å²) < 4.78 is 59.2. The zero-order valence-corrected chi connectivity index (χ0v) is 49.9. The Kier molecular flexibility index (Phi) is 26.2. The molecule has 1 saturated carbocycles. The highest BCUT2D eigenvalue weighted by Crippen LogP contribution is 2.54. The number of methoxy groups -OCH3 is 3. The molecule has 16 atom stereocenters. The molecule has 0 radical (unpaired) electrons. The molecule has 5 N–H and O–H groups in total. The van der Waals surface area contributed by atoms with Gasteiger partial charge in [0.1, 0.15) is 42.1 Å². The van der Waals surface area contributed by atoms with Crippen molar-refractivity contribution in [3.8, 4) is 0 Å². The Bertz CT molecular complexity index is 2330. The van der Waals surface area contributed by atoms with Crippen LogP contribution in [0.3, 0.4) is 0 Å². The van der Waals surface area contributed by atoms with Gasteiger partial charge in [-0.3, -0.25) is 28.3 Å². The number of hydrogen-bond donors (Lipinski definition) is 5. The van der Waals surface area contributed by atoms with Crippen molar-refractivity contribution in [1.82, 2.24) is 9.80 Å². The summed E-state index contributed by atoms with van der Waals surface area (Å²) in [5, 5.41) is 23.6. The van der Waals surface area contributed by atoms with E-state index in [0.717, 1.165) is 15.4 Å². The summed E-state index contributed by atoms with van der Waals surface area (Å²) in [6.45, 7) is 12.1. The minimum Gasteiger partial charge on any atom is -0.460 e. The Morgan fingerprint density at radius 3 is 2.22 bits per heavy atom. The molecule has 0 spiro atoms. The first-order valence-corrected chi connectivity index (χ1v) is 31.5. The fourth-order valence-electron chi connectivity index (χ4n) is 11.2. The van der Waals surface area contributed by atoms with Crippen molar-refractivity contribution in [1.29, 1.82) is 0 Å². The molecular weight excluding hydrogens is 1070 g/mol. The molecule has 79 heavy (non-hydrogen) atoms. The van der Waals surface area contributed by atoms with Crippen LogP contribution in [0, 0.1) is 35.5 Å². The first-order chi connectivity index (χ1) is 36.9. The highest BCUT2D eigenvalue weighted by molar-refractivity contribution is 7.72. The summed E-state index contributed by atoms with van der Waals surface area (Å²) in [7, 11) is -3.35. The van der Waals surface area contributed by atoms with Crippen molar-refractivity contribution in [3.05, 3.63) is 47.6 Å². The van der Waals surface area contributed by atoms with Gasteiger partial charge in [-0.15, -0.1) is 0 Å². The van der Waals surface area contributed by atoms with E-state index in [1.807, 2.05) is 51.2 Å². The van der Waals surface area contributed by atoms with E-state index in [4.69, 9.17) is 28.4 Å². The standard InChI is InChI=1S/C56H90N2O19P2/c1-34-17-13-12-14-18-35(2)46(72-9)31-42-22-20-40(7)56(66,77-42)52(62)53(63)58-24-16-15-19-43(58)54(64)75-47(32-44(59)36(3)28-39(6)50(61)51(74-11)49(60)38(5)27-34)37(4)29-41-21-23-45(48(30-41)73-10)76-55(65)57(8)25-26-78(67,68)33-79(69,70)71/h12-14,17-18,28,34,36-38,40-43,45-48,50-51,61,66H,15-16,19-27,29-33H2,1-11H3,(H,67,68)(H2,69,70,71)/b14-12+,17-13+,35-18+,39-28+/t34-,36-,37-,38-,40-,41-,42+,43+,45-,46+,47+,48-,50-,51+,56-/m1/s1. The molecule has 4 rings (SSSR count). The van der Waals surface area contributed by atoms with Gasteiger partial charge in [-0.1, -0.05) is 71.1 Å². The number of allylic oxidation sites excluding steroid dienone is 6. The van der Waals surface area contributed by atoms with Crippen LogP contribution in [-0.4, -0.2) is 178 Å². The minimum atomic E-state index is -4.78. The summed E-state index contributed by atoms with van der Waals surface area (Å²) in [5.74, 6) is -10.2. The molecule has 448 valence electrons. The molecule has 23 heteroatoms. The van der Waals surface area contributed by atoms with Crippen LogP contribution in [-0.2, 0) is 61.5 Å². The molecule has 0 aromatic carbocycles. The maximum absolute atomic E-state index is 14.6. The molecule has 0 aromatic rings. The number of piperidine rings is 1. The molecule has 1 aliphatic carbocycles. The van der Waals surface area contributed by atoms with Gasteiger partial charge < -0.3 is 63.1 Å². The van der Waals surface area contributed by atoms with Crippen molar-refractivity contribution < 1.29 is 91.2 Å². The van der Waals surface area contributed by atoms with Crippen LogP contribution < -0.4 is 0 Å². The quantitative estimate of drug-likeness (QED) is 0.0590. The van der Waals surface area contributed by atoms with Gasteiger partial charge in [-0.2, -0.15) is 0 Å². The largest absolute Gasteiger partial charge is 0.460 e. The summed E-state index contributed by atoms with van der Waals surface area (Å²) >= 11 is 0. The summed E-state index contributed by atoms with van der Waals surface area (Å²) in [6.07, 6.45) is 7.52. The Balaban J connectivity index is 1.65. The minimum absolute atomic E-state index is 0.0166. The molecule has 3 aliphatic heterocycles. The number of carbonyl (C=O) groups is 6. The van der Waals surface area contributed by atoms with Gasteiger partial charge in [0.05, 0.1) is 18.3 Å². The first-order valence-electron chi connectivity index (χ1n) is 27.7. The van der Waals surface area contributed by atoms with Crippen LogP contribution >= 0.6 is 15.0 Å². The molecule has 2 saturated heterocycles. The van der Waals surface area contributed by atoms with Gasteiger partial charge in [0, 0.05) is 78.2 Å². The maximum atomic E-state index is 14.6. The SMILES string of the molecule is CO[C@H]1C[C@@H]2CC[C@@H](C)[C@@](O)(O2)C(=O)C(=O)N2CCCC[C@H]2C(=O)O[C@H]([C@H](C)C[C@H]2CC[C@@H](OC(=O)N(C)CCP(=O)(O)CP(=O)(O)O)[C@H](OC)C2)CC(=O)[C@H](C)/C=C(\C)[C@@H](O)[C@@H](OC)C(=O)[C@H](C)C[C@H](C)/C=C/C=C/C=C/1C. The zero-order chi connectivity index (χ0) is 59.2. The van der Waals surface area contributed by atoms with E-state index in [0.29, 0.717) is 63.4 Å². The molecule has 1 unspecified atom stereocenters. The Morgan fingerprint density at radius 2 is 1.57 bits per heavy atom. The molecule has 4 aliphatic rings. The normalized spacial score (nSPS) is 36.3. The fraction of sp³-hybridized carbons (Fsp3) is 0.750. The van der Waals surface area contributed by atoms with Gasteiger partial charge in [0.25, 0.3) is 11.7 Å².